The van der Waals surface area contributed by atoms with E-state index in [0.717, 1.165) is 22.4 Å². The van der Waals surface area contributed by atoms with E-state index in [4.69, 9.17) is 9.47 Å². The van der Waals surface area contributed by atoms with Gasteiger partial charge < -0.3 is 14.8 Å². The van der Waals surface area contributed by atoms with Gasteiger partial charge in [-0.05, 0) is 43.7 Å². The van der Waals surface area contributed by atoms with Crippen molar-refractivity contribution < 1.29 is 14.3 Å². The maximum atomic E-state index is 13.1. The lowest BCUT2D eigenvalue weighted by atomic mass is 10.1. The molecule has 0 aliphatic carbocycles. The molecule has 32 heavy (non-hydrogen) atoms. The second kappa shape index (κ2) is 8.93. The number of ether oxygens (including phenoxy) is 2. The van der Waals surface area contributed by atoms with E-state index in [1.807, 2.05) is 62.4 Å². The normalized spacial score (nSPS) is 10.6. The number of anilines is 1. The van der Waals surface area contributed by atoms with Crippen molar-refractivity contribution in [2.75, 3.05) is 19.5 Å². The highest BCUT2D eigenvalue weighted by Gasteiger charge is 2.20. The first-order chi connectivity index (χ1) is 15.5. The average molecular weight is 428 g/mol. The van der Waals surface area contributed by atoms with Crippen LogP contribution in [0.25, 0.3) is 17.1 Å². The Morgan fingerprint density at radius 2 is 1.69 bits per heavy atom. The second-order valence-electron chi connectivity index (χ2n) is 7.40. The Morgan fingerprint density at radius 1 is 0.906 bits per heavy atom. The minimum atomic E-state index is -0.448. The number of carbonyl (C=O) groups is 1. The SMILES string of the molecule is COc1ccc(OC)c(NC(=O)c2nc(-c3ccc(C)cc3)n(-c3cccc(C)c3)n2)c1. The Kier molecular flexibility index (Phi) is 5.89. The molecule has 1 aromatic heterocycles. The Balaban J connectivity index is 1.76. The van der Waals surface area contributed by atoms with Gasteiger partial charge in [-0.25, -0.2) is 9.67 Å². The van der Waals surface area contributed by atoms with Crippen LogP contribution in [-0.4, -0.2) is 34.9 Å². The smallest absolute Gasteiger partial charge is 0.295 e. The molecule has 0 unspecified atom stereocenters. The fourth-order valence-corrected chi connectivity index (χ4v) is 3.33. The molecule has 7 nitrogen and oxygen atoms in total. The summed E-state index contributed by atoms with van der Waals surface area (Å²) in [5, 5.41) is 7.37. The number of carbonyl (C=O) groups excluding carboxylic acids is 1. The molecule has 4 aromatic rings. The molecular weight excluding hydrogens is 404 g/mol. The Bertz CT molecular complexity index is 1260. The number of benzene rings is 3. The summed E-state index contributed by atoms with van der Waals surface area (Å²) in [6.45, 7) is 4.03. The van der Waals surface area contributed by atoms with Crippen molar-refractivity contribution in [3.63, 3.8) is 0 Å². The van der Waals surface area contributed by atoms with Gasteiger partial charge in [0, 0.05) is 11.6 Å². The highest BCUT2D eigenvalue weighted by molar-refractivity contribution is 6.02. The molecule has 0 saturated heterocycles. The minimum absolute atomic E-state index is 0.0481. The topological polar surface area (TPSA) is 78.3 Å². The van der Waals surface area contributed by atoms with Crippen molar-refractivity contribution >= 4 is 11.6 Å². The number of hydrogen-bond acceptors (Lipinski definition) is 5. The molecule has 7 heteroatoms. The predicted molar refractivity (Wildman–Crippen MR) is 124 cm³/mol. The highest BCUT2D eigenvalue weighted by atomic mass is 16.5. The zero-order chi connectivity index (χ0) is 22.7. The first-order valence-electron chi connectivity index (χ1n) is 10.1. The van der Waals surface area contributed by atoms with Crippen LogP contribution in [0.3, 0.4) is 0 Å². The van der Waals surface area contributed by atoms with Gasteiger partial charge in [0.15, 0.2) is 5.82 Å². The van der Waals surface area contributed by atoms with Gasteiger partial charge in [-0.1, -0.05) is 42.0 Å². The number of rotatable bonds is 6. The Hall–Kier alpha value is -4.13. The van der Waals surface area contributed by atoms with Crippen LogP contribution in [-0.2, 0) is 0 Å². The van der Waals surface area contributed by atoms with E-state index < -0.39 is 5.91 Å². The van der Waals surface area contributed by atoms with Crippen molar-refractivity contribution in [1.82, 2.24) is 14.8 Å². The predicted octanol–water partition coefficient (Wildman–Crippen LogP) is 4.82. The van der Waals surface area contributed by atoms with Crippen LogP contribution in [0.2, 0.25) is 0 Å². The monoisotopic (exact) mass is 428 g/mol. The van der Waals surface area contributed by atoms with Crippen molar-refractivity contribution in [3.05, 3.63) is 83.7 Å². The number of hydrogen-bond donors (Lipinski definition) is 1. The van der Waals surface area contributed by atoms with Crippen molar-refractivity contribution in [3.8, 4) is 28.6 Å². The summed E-state index contributed by atoms with van der Waals surface area (Å²) >= 11 is 0. The third-order valence-electron chi connectivity index (χ3n) is 5.02. The highest BCUT2D eigenvalue weighted by Crippen LogP contribution is 2.29. The number of amides is 1. The van der Waals surface area contributed by atoms with E-state index in [1.165, 1.54) is 7.11 Å². The van der Waals surface area contributed by atoms with Gasteiger partial charge in [-0.2, -0.15) is 0 Å². The molecule has 0 fully saturated rings. The second-order valence-corrected chi connectivity index (χ2v) is 7.40. The van der Waals surface area contributed by atoms with Crippen molar-refractivity contribution in [1.29, 1.82) is 0 Å². The van der Waals surface area contributed by atoms with E-state index in [1.54, 1.807) is 30.0 Å². The summed E-state index contributed by atoms with van der Waals surface area (Å²) in [5.41, 5.74) is 4.38. The molecule has 1 amide bonds. The van der Waals surface area contributed by atoms with Gasteiger partial charge in [0.25, 0.3) is 5.91 Å². The summed E-state index contributed by atoms with van der Waals surface area (Å²) in [6.07, 6.45) is 0. The van der Waals surface area contributed by atoms with Crippen LogP contribution in [0.1, 0.15) is 21.7 Å². The lowest BCUT2D eigenvalue weighted by Gasteiger charge is -2.10. The molecule has 0 aliphatic rings. The van der Waals surface area contributed by atoms with Gasteiger partial charge in [-0.15, -0.1) is 5.10 Å². The fraction of sp³-hybridized carbons (Fsp3) is 0.160. The summed E-state index contributed by atoms with van der Waals surface area (Å²) in [4.78, 5) is 17.7. The van der Waals surface area contributed by atoms with Crippen LogP contribution in [0.4, 0.5) is 5.69 Å². The van der Waals surface area contributed by atoms with Crippen molar-refractivity contribution in [2.24, 2.45) is 0 Å². The zero-order valence-electron chi connectivity index (χ0n) is 18.4. The van der Waals surface area contributed by atoms with E-state index in [9.17, 15) is 4.79 Å². The first-order valence-corrected chi connectivity index (χ1v) is 10.1. The van der Waals surface area contributed by atoms with Crippen LogP contribution in [0, 0.1) is 13.8 Å². The molecule has 162 valence electrons. The van der Waals surface area contributed by atoms with Crippen LogP contribution in [0.15, 0.2) is 66.7 Å². The third kappa shape index (κ3) is 4.32. The molecule has 0 aliphatic heterocycles. The first kappa shape index (κ1) is 21.1. The molecule has 0 spiro atoms. The summed E-state index contributed by atoms with van der Waals surface area (Å²) in [6, 6.07) is 21.0. The number of aromatic nitrogens is 3. The molecule has 1 heterocycles. The zero-order valence-corrected chi connectivity index (χ0v) is 18.4. The number of nitrogens with zero attached hydrogens (tertiary/aromatic N) is 3. The molecular formula is C25H24N4O3. The van der Waals surface area contributed by atoms with E-state index >= 15 is 0 Å². The molecule has 4 rings (SSSR count). The van der Waals surface area contributed by atoms with E-state index in [2.05, 4.69) is 15.4 Å². The molecule has 1 N–H and O–H groups in total. The number of methoxy groups -OCH3 is 2. The average Bonchev–Trinajstić information content (AvgIpc) is 3.25. The lowest BCUT2D eigenvalue weighted by Crippen LogP contribution is -2.15. The van der Waals surface area contributed by atoms with Gasteiger partial charge in [0.1, 0.15) is 11.5 Å². The van der Waals surface area contributed by atoms with Crippen molar-refractivity contribution in [2.45, 2.75) is 13.8 Å². The van der Waals surface area contributed by atoms with Crippen LogP contribution >= 0.6 is 0 Å². The quantitative estimate of drug-likeness (QED) is 0.476. The van der Waals surface area contributed by atoms with Gasteiger partial charge in [0.2, 0.25) is 5.82 Å². The Morgan fingerprint density at radius 3 is 2.38 bits per heavy atom. The maximum Gasteiger partial charge on any atom is 0.295 e. The molecule has 0 saturated carbocycles. The van der Waals surface area contributed by atoms with Gasteiger partial charge in [-0.3, -0.25) is 4.79 Å². The van der Waals surface area contributed by atoms with Crippen LogP contribution < -0.4 is 14.8 Å². The summed E-state index contributed by atoms with van der Waals surface area (Å²) in [7, 11) is 3.10. The molecule has 0 radical (unpaired) electrons. The van der Waals surface area contributed by atoms with Gasteiger partial charge >= 0.3 is 0 Å². The standard InChI is InChI=1S/C25H24N4O3/c1-16-8-10-18(11-9-16)24-27-23(28-29(24)19-7-5-6-17(2)14-19)25(30)26-21-15-20(31-3)12-13-22(21)32-4/h5-15H,1-4H3,(H,26,30). The summed E-state index contributed by atoms with van der Waals surface area (Å²) < 4.78 is 12.3. The van der Waals surface area contributed by atoms with Gasteiger partial charge in [0.05, 0.1) is 25.6 Å². The largest absolute Gasteiger partial charge is 0.497 e. The molecule has 3 aromatic carbocycles. The number of nitrogens with one attached hydrogen (secondary N) is 1. The lowest BCUT2D eigenvalue weighted by molar-refractivity contribution is 0.101. The minimum Gasteiger partial charge on any atom is -0.497 e. The molecule has 0 atom stereocenters. The maximum absolute atomic E-state index is 13.1. The summed E-state index contributed by atoms with van der Waals surface area (Å²) in [5.74, 6) is 1.29. The van der Waals surface area contributed by atoms with E-state index in [0.29, 0.717) is 23.0 Å². The Labute approximate surface area is 186 Å². The van der Waals surface area contributed by atoms with Crippen LogP contribution in [0.5, 0.6) is 11.5 Å². The molecule has 0 bridgehead atoms. The fourth-order valence-electron chi connectivity index (χ4n) is 3.33. The number of aryl methyl sites for hydroxylation is 2. The third-order valence-corrected chi connectivity index (χ3v) is 5.02. The van der Waals surface area contributed by atoms with E-state index in [-0.39, 0.29) is 5.82 Å².